The van der Waals surface area contributed by atoms with Crippen LogP contribution in [0.1, 0.15) is 24.5 Å². The molecule has 32 heavy (non-hydrogen) atoms. The van der Waals surface area contributed by atoms with Gasteiger partial charge in [-0.3, -0.25) is 13.9 Å². The normalized spacial score (nSPS) is 20.5. The number of ether oxygens (including phenoxy) is 1. The summed E-state index contributed by atoms with van der Waals surface area (Å²) in [6.45, 7) is 3.87. The zero-order chi connectivity index (χ0) is 22.4. The second-order valence-corrected chi connectivity index (χ2v) is 8.19. The minimum absolute atomic E-state index is 0.129. The Bertz CT molecular complexity index is 1180. The van der Waals surface area contributed by atoms with Crippen molar-refractivity contribution in [2.75, 3.05) is 30.4 Å². The molecule has 4 heterocycles. The molecule has 3 aromatic heterocycles. The van der Waals surface area contributed by atoms with Gasteiger partial charge in [-0.25, -0.2) is 14.4 Å². The quantitative estimate of drug-likeness (QED) is 0.541. The van der Waals surface area contributed by atoms with Gasteiger partial charge in [0.2, 0.25) is 5.91 Å². The molecule has 0 bridgehead atoms. The topological polar surface area (TPSA) is 102 Å². The van der Waals surface area contributed by atoms with Gasteiger partial charge in [-0.1, -0.05) is 6.58 Å². The van der Waals surface area contributed by atoms with E-state index >= 15 is 0 Å². The Morgan fingerprint density at radius 3 is 2.88 bits per heavy atom. The first kappa shape index (κ1) is 20.3. The van der Waals surface area contributed by atoms with Crippen LogP contribution < -0.4 is 20.3 Å². The average molecular weight is 440 g/mol. The zero-order valence-corrected chi connectivity index (χ0v) is 18.0. The largest absolute Gasteiger partial charge is 0.478 e. The summed E-state index contributed by atoms with van der Waals surface area (Å²) in [4.78, 5) is 22.9. The molecule has 0 aromatic carbocycles. The van der Waals surface area contributed by atoms with E-state index in [4.69, 9.17) is 9.72 Å². The minimum Gasteiger partial charge on any atom is -0.478 e. The Balaban J connectivity index is 1.52. The molecule has 1 saturated carbocycles. The molecule has 1 saturated heterocycles. The Labute approximate surface area is 184 Å². The number of rotatable bonds is 7. The summed E-state index contributed by atoms with van der Waals surface area (Å²) < 4.78 is 23.7. The lowest BCUT2D eigenvalue weighted by Crippen LogP contribution is -2.40. The van der Waals surface area contributed by atoms with Crippen LogP contribution in [-0.2, 0) is 11.8 Å². The molecule has 2 aliphatic rings. The van der Waals surface area contributed by atoms with E-state index < -0.39 is 12.2 Å². The highest BCUT2D eigenvalue weighted by molar-refractivity contribution is 5.87. The maximum Gasteiger partial charge on any atom is 0.256 e. The molecule has 5 rings (SSSR count). The van der Waals surface area contributed by atoms with E-state index in [1.807, 2.05) is 21.7 Å². The second kappa shape index (κ2) is 7.81. The predicted molar refractivity (Wildman–Crippen MR) is 117 cm³/mol. The van der Waals surface area contributed by atoms with Crippen LogP contribution in [0.25, 0.3) is 5.65 Å². The number of aryl methyl sites for hydroxylation is 1. The molecule has 0 spiro atoms. The number of alkyl halides is 1. The van der Waals surface area contributed by atoms with Gasteiger partial charge in [-0.2, -0.15) is 0 Å². The van der Waals surface area contributed by atoms with Crippen molar-refractivity contribution >= 4 is 28.9 Å². The van der Waals surface area contributed by atoms with Crippen LogP contribution in [0.3, 0.4) is 0 Å². The molecular weight excluding hydrogens is 415 g/mol. The number of halogens is 1. The highest BCUT2D eigenvalue weighted by Crippen LogP contribution is 2.41. The fraction of sp³-hybridized carbons (Fsp3) is 0.429. The summed E-state index contributed by atoms with van der Waals surface area (Å²) in [6.07, 6.45) is 7.74. The van der Waals surface area contributed by atoms with Gasteiger partial charge in [-0.05, 0) is 18.9 Å². The number of aromatic nitrogens is 5. The zero-order valence-electron chi connectivity index (χ0n) is 18.0. The van der Waals surface area contributed by atoms with E-state index in [0.29, 0.717) is 41.3 Å². The number of fused-ring (bicyclic) bond motifs is 1. The van der Waals surface area contributed by atoms with Crippen molar-refractivity contribution in [2.24, 2.45) is 7.05 Å². The Kier molecular flexibility index (Phi) is 4.95. The van der Waals surface area contributed by atoms with Gasteiger partial charge >= 0.3 is 0 Å². The lowest BCUT2D eigenvalue weighted by molar-refractivity contribution is -0.117. The van der Waals surface area contributed by atoms with Crippen LogP contribution in [0.15, 0.2) is 31.2 Å². The number of hydrogen-bond acceptors (Lipinski definition) is 7. The average Bonchev–Trinajstić information content (AvgIpc) is 3.27. The molecule has 168 valence electrons. The summed E-state index contributed by atoms with van der Waals surface area (Å²) in [5, 5.41) is 10.2. The monoisotopic (exact) mass is 440 g/mol. The molecular formula is C21H25FN8O2. The van der Waals surface area contributed by atoms with Crippen LogP contribution in [0.4, 0.5) is 21.7 Å². The maximum atomic E-state index is 14.7. The third-order valence-corrected chi connectivity index (χ3v) is 5.83. The van der Waals surface area contributed by atoms with E-state index in [0.717, 1.165) is 24.6 Å². The number of hydrogen-bond donors (Lipinski definition) is 2. The molecule has 1 aliphatic carbocycles. The third kappa shape index (κ3) is 3.63. The predicted octanol–water partition coefficient (Wildman–Crippen LogP) is 1.92. The van der Waals surface area contributed by atoms with Crippen molar-refractivity contribution in [1.29, 1.82) is 0 Å². The number of nitrogens with one attached hydrogen (secondary N) is 2. The molecule has 1 amide bonds. The number of carbonyl (C=O) groups is 1. The first-order chi connectivity index (χ1) is 15.5. The van der Waals surface area contributed by atoms with Crippen LogP contribution in [0, 0.1) is 0 Å². The van der Waals surface area contributed by atoms with Gasteiger partial charge in [0.25, 0.3) is 5.88 Å². The van der Waals surface area contributed by atoms with Crippen LogP contribution in [0.5, 0.6) is 5.88 Å². The number of methoxy groups -OCH3 is 1. The number of anilines is 3. The van der Waals surface area contributed by atoms with Crippen molar-refractivity contribution in [3.8, 4) is 5.88 Å². The lowest BCUT2D eigenvalue weighted by Gasteiger charge is -2.19. The van der Waals surface area contributed by atoms with E-state index in [9.17, 15) is 9.18 Å². The Morgan fingerprint density at radius 1 is 1.34 bits per heavy atom. The molecule has 1 aliphatic heterocycles. The van der Waals surface area contributed by atoms with Gasteiger partial charge in [-0.15, -0.1) is 5.10 Å². The Hall–Kier alpha value is -3.63. The van der Waals surface area contributed by atoms with Crippen LogP contribution >= 0.6 is 0 Å². The Morgan fingerprint density at radius 2 is 2.16 bits per heavy atom. The molecule has 2 unspecified atom stereocenters. The number of nitrogens with zero attached hydrogens (tertiary/aromatic N) is 6. The van der Waals surface area contributed by atoms with Crippen LogP contribution in [-0.4, -0.2) is 62.5 Å². The second-order valence-electron chi connectivity index (χ2n) is 8.19. The third-order valence-electron chi connectivity index (χ3n) is 5.83. The first-order valence-corrected chi connectivity index (χ1v) is 10.5. The summed E-state index contributed by atoms with van der Waals surface area (Å²) in [5.41, 5.74) is 2.44. The molecule has 2 atom stereocenters. The summed E-state index contributed by atoms with van der Waals surface area (Å²) in [7, 11) is 3.36. The van der Waals surface area contributed by atoms with Crippen molar-refractivity contribution in [3.63, 3.8) is 0 Å². The van der Waals surface area contributed by atoms with Crippen molar-refractivity contribution in [1.82, 2.24) is 29.5 Å². The minimum atomic E-state index is -1.21. The molecule has 11 heteroatoms. The summed E-state index contributed by atoms with van der Waals surface area (Å²) >= 11 is 0. The SMILES string of the molecule is C=CC(=O)NC1CN(c2cn3c(C4CC4)cnc3c(Nc3cn(C)nc3OC)n2)CC1F. The van der Waals surface area contributed by atoms with Gasteiger partial charge in [0, 0.05) is 31.4 Å². The maximum absolute atomic E-state index is 14.7. The molecule has 3 aromatic rings. The highest BCUT2D eigenvalue weighted by Gasteiger charge is 2.35. The van der Waals surface area contributed by atoms with E-state index in [2.05, 4.69) is 27.3 Å². The van der Waals surface area contributed by atoms with Gasteiger partial charge in [0.1, 0.15) is 17.7 Å². The molecule has 2 N–H and O–H groups in total. The molecule has 10 nitrogen and oxygen atoms in total. The molecule has 0 radical (unpaired) electrons. The van der Waals surface area contributed by atoms with E-state index in [1.165, 1.54) is 0 Å². The highest BCUT2D eigenvalue weighted by atomic mass is 19.1. The lowest BCUT2D eigenvalue weighted by atomic mass is 10.2. The first-order valence-electron chi connectivity index (χ1n) is 10.5. The standard InChI is InChI=1S/C21H25FN8O2/c1-4-18(31)24-14-10-29(8-13(14)22)17-11-30-16(12-5-6-12)7-23-20(30)19(26-17)25-15-9-28(2)27-21(15)32-3/h4,7,9,11-14H,1,5-6,8,10H2,2-3H3,(H,24,31)(H,25,26). The van der Waals surface area contributed by atoms with Crippen molar-refractivity contribution in [2.45, 2.75) is 31.0 Å². The van der Waals surface area contributed by atoms with Gasteiger partial charge in [0.15, 0.2) is 11.5 Å². The number of carbonyl (C=O) groups excluding carboxylic acids is 1. The van der Waals surface area contributed by atoms with Crippen molar-refractivity contribution < 1.29 is 13.9 Å². The summed E-state index contributed by atoms with van der Waals surface area (Å²) in [6, 6.07) is -0.626. The van der Waals surface area contributed by atoms with Crippen molar-refractivity contribution in [3.05, 3.63) is 36.9 Å². The van der Waals surface area contributed by atoms with Gasteiger partial charge < -0.3 is 20.3 Å². The molecule has 2 fully saturated rings. The number of imidazole rings is 1. The summed E-state index contributed by atoms with van der Waals surface area (Å²) in [5.74, 6) is 1.63. The number of amides is 1. The fourth-order valence-corrected chi connectivity index (χ4v) is 4.07. The van der Waals surface area contributed by atoms with Crippen LogP contribution in [0.2, 0.25) is 0 Å². The van der Waals surface area contributed by atoms with Gasteiger partial charge in [0.05, 0.1) is 32.1 Å². The fourth-order valence-electron chi connectivity index (χ4n) is 4.07. The smallest absolute Gasteiger partial charge is 0.256 e. The van der Waals surface area contributed by atoms with E-state index in [-0.39, 0.29) is 12.5 Å². The van der Waals surface area contributed by atoms with E-state index in [1.54, 1.807) is 25.0 Å².